The summed E-state index contributed by atoms with van der Waals surface area (Å²) in [5, 5.41) is 0. The molecule has 6 nitrogen and oxygen atoms in total. The lowest BCUT2D eigenvalue weighted by atomic mass is 10.2. The Hall–Kier alpha value is -1.89. The van der Waals surface area contributed by atoms with Crippen molar-refractivity contribution in [3.8, 4) is 11.4 Å². The maximum Gasteiger partial charge on any atom is 0.410 e. The molecule has 1 aliphatic carbocycles. The highest BCUT2D eigenvalue weighted by Crippen LogP contribution is 2.25. The molecule has 1 aliphatic rings. The first-order chi connectivity index (χ1) is 12.0. The van der Waals surface area contributed by atoms with Gasteiger partial charge in [-0.3, -0.25) is 4.98 Å². The summed E-state index contributed by atoms with van der Waals surface area (Å²) in [5.74, 6) is 0. The highest BCUT2D eigenvalue weighted by Gasteiger charge is 2.25. The van der Waals surface area contributed by atoms with Crippen LogP contribution >= 0.6 is 15.9 Å². The van der Waals surface area contributed by atoms with Gasteiger partial charge in [0.25, 0.3) is 0 Å². The molecule has 2 heterocycles. The van der Waals surface area contributed by atoms with E-state index in [1.165, 1.54) is 12.8 Å². The molecule has 0 aromatic carbocycles. The second-order valence-corrected chi connectivity index (χ2v) is 7.37. The molecule has 7 heteroatoms. The Balaban J connectivity index is 1.73. The zero-order valence-corrected chi connectivity index (χ0v) is 16.4. The van der Waals surface area contributed by atoms with Crippen molar-refractivity contribution in [2.45, 2.75) is 45.3 Å². The first kappa shape index (κ1) is 17.9. The van der Waals surface area contributed by atoms with Crippen LogP contribution in [0.3, 0.4) is 0 Å². The number of hydrogen-bond acceptors (Lipinski definition) is 4. The Labute approximate surface area is 156 Å². The normalized spacial score (nSPS) is 14.7. The van der Waals surface area contributed by atoms with Crippen LogP contribution in [0, 0.1) is 6.92 Å². The van der Waals surface area contributed by atoms with Crippen molar-refractivity contribution in [2.75, 3.05) is 7.05 Å². The largest absolute Gasteiger partial charge is 0.443 e. The monoisotopic (exact) mass is 406 g/mol. The van der Waals surface area contributed by atoms with E-state index in [1.54, 1.807) is 11.2 Å². The summed E-state index contributed by atoms with van der Waals surface area (Å²) < 4.78 is 8.38. The van der Waals surface area contributed by atoms with Crippen LogP contribution in [0.2, 0.25) is 0 Å². The molecule has 0 saturated heterocycles. The standard InChI is InChI=1S/C18H23BrN4O2/c1-12-14(19)8-9-15(21-12)17-16(22(2)11-20-17)10-25-18(24)23(3)13-6-4-5-7-13/h8-9,11,13H,4-7,10H2,1-3H3. The fourth-order valence-electron chi connectivity index (χ4n) is 3.19. The molecule has 0 bridgehead atoms. The molecule has 3 rings (SSSR count). The van der Waals surface area contributed by atoms with Gasteiger partial charge in [-0.2, -0.15) is 0 Å². The maximum atomic E-state index is 12.3. The van der Waals surface area contributed by atoms with E-state index in [9.17, 15) is 4.79 Å². The van der Waals surface area contributed by atoms with Crippen LogP contribution in [0.1, 0.15) is 37.1 Å². The number of aromatic nitrogens is 3. The number of aryl methyl sites for hydroxylation is 2. The highest BCUT2D eigenvalue weighted by molar-refractivity contribution is 9.10. The maximum absolute atomic E-state index is 12.3. The van der Waals surface area contributed by atoms with Crippen LogP contribution in [-0.4, -0.2) is 38.6 Å². The predicted molar refractivity (Wildman–Crippen MR) is 99.1 cm³/mol. The quantitative estimate of drug-likeness (QED) is 0.767. The number of carbonyl (C=O) groups is 1. The second-order valence-electron chi connectivity index (χ2n) is 6.52. The number of ether oxygens (including phenoxy) is 1. The fraction of sp³-hybridized carbons (Fsp3) is 0.500. The Morgan fingerprint density at radius 3 is 2.80 bits per heavy atom. The number of amides is 1. The van der Waals surface area contributed by atoms with Crippen molar-refractivity contribution >= 4 is 22.0 Å². The number of rotatable bonds is 4. The van der Waals surface area contributed by atoms with E-state index >= 15 is 0 Å². The molecule has 0 spiro atoms. The third-order valence-electron chi connectivity index (χ3n) is 4.82. The van der Waals surface area contributed by atoms with Gasteiger partial charge >= 0.3 is 6.09 Å². The smallest absolute Gasteiger partial charge is 0.410 e. The summed E-state index contributed by atoms with van der Waals surface area (Å²) in [6.07, 6.45) is 5.93. The van der Waals surface area contributed by atoms with Crippen molar-refractivity contribution in [1.82, 2.24) is 19.4 Å². The molecule has 2 aromatic heterocycles. The van der Waals surface area contributed by atoms with E-state index in [1.807, 2.05) is 37.7 Å². The van der Waals surface area contributed by atoms with Gasteiger partial charge in [0.1, 0.15) is 12.3 Å². The Kier molecular flexibility index (Phi) is 5.42. The van der Waals surface area contributed by atoms with Crippen molar-refractivity contribution < 1.29 is 9.53 Å². The Morgan fingerprint density at radius 1 is 1.40 bits per heavy atom. The zero-order valence-electron chi connectivity index (χ0n) is 14.8. The van der Waals surface area contributed by atoms with E-state index in [-0.39, 0.29) is 12.7 Å². The minimum atomic E-state index is -0.279. The Bertz CT molecular complexity index is 768. The Morgan fingerprint density at radius 2 is 2.12 bits per heavy atom. The lowest BCUT2D eigenvalue weighted by Gasteiger charge is -2.23. The van der Waals surface area contributed by atoms with Crippen LogP contribution in [0.5, 0.6) is 0 Å². The van der Waals surface area contributed by atoms with Crippen LogP contribution < -0.4 is 0 Å². The molecule has 1 fully saturated rings. The van der Waals surface area contributed by atoms with E-state index < -0.39 is 0 Å². The van der Waals surface area contributed by atoms with Crippen molar-refractivity contribution in [3.05, 3.63) is 34.3 Å². The first-order valence-corrected chi connectivity index (χ1v) is 9.30. The third kappa shape index (κ3) is 3.86. The number of halogens is 1. The van der Waals surface area contributed by atoms with Crippen molar-refractivity contribution in [3.63, 3.8) is 0 Å². The number of imidazole rings is 1. The summed E-state index contributed by atoms with van der Waals surface area (Å²) in [6.45, 7) is 2.12. The zero-order chi connectivity index (χ0) is 18.0. The molecular weight excluding hydrogens is 384 g/mol. The van der Waals surface area contributed by atoms with Crippen LogP contribution in [0.15, 0.2) is 22.9 Å². The SMILES string of the molecule is Cc1nc(-c2ncn(C)c2COC(=O)N(C)C2CCCC2)ccc1Br. The molecule has 0 unspecified atom stereocenters. The number of pyridine rings is 1. The summed E-state index contributed by atoms with van der Waals surface area (Å²) in [4.78, 5) is 23.1. The molecule has 2 aromatic rings. The van der Waals surface area contributed by atoms with Gasteiger partial charge in [-0.1, -0.05) is 12.8 Å². The molecule has 0 aliphatic heterocycles. The summed E-state index contributed by atoms with van der Waals surface area (Å²) in [7, 11) is 3.72. The number of carbonyl (C=O) groups excluding carboxylic acids is 1. The average Bonchev–Trinajstić information content (AvgIpc) is 3.24. The lowest BCUT2D eigenvalue weighted by Crippen LogP contribution is -2.35. The van der Waals surface area contributed by atoms with Gasteiger partial charge in [0.15, 0.2) is 0 Å². The molecule has 0 atom stereocenters. The molecular formula is C18H23BrN4O2. The number of nitrogens with zero attached hydrogens (tertiary/aromatic N) is 4. The van der Waals surface area contributed by atoms with Gasteiger partial charge in [-0.25, -0.2) is 9.78 Å². The average molecular weight is 407 g/mol. The summed E-state index contributed by atoms with van der Waals surface area (Å²) >= 11 is 3.46. The molecule has 1 amide bonds. The number of hydrogen-bond donors (Lipinski definition) is 0. The van der Waals surface area contributed by atoms with Crippen LogP contribution in [0.4, 0.5) is 4.79 Å². The lowest BCUT2D eigenvalue weighted by molar-refractivity contribution is 0.0902. The van der Waals surface area contributed by atoms with E-state index in [2.05, 4.69) is 25.9 Å². The predicted octanol–water partition coefficient (Wildman–Crippen LogP) is 4.06. The van der Waals surface area contributed by atoms with Crippen molar-refractivity contribution in [2.24, 2.45) is 7.05 Å². The van der Waals surface area contributed by atoms with Crippen LogP contribution in [-0.2, 0) is 18.4 Å². The van der Waals surface area contributed by atoms with Gasteiger partial charge in [0, 0.05) is 24.6 Å². The van der Waals surface area contributed by atoms with Gasteiger partial charge in [-0.05, 0) is 47.8 Å². The molecule has 1 saturated carbocycles. The van der Waals surface area contributed by atoms with Crippen LogP contribution in [0.25, 0.3) is 11.4 Å². The van der Waals surface area contributed by atoms with E-state index in [0.29, 0.717) is 6.04 Å². The fourth-order valence-corrected chi connectivity index (χ4v) is 3.41. The van der Waals surface area contributed by atoms with Gasteiger partial charge < -0.3 is 14.2 Å². The summed E-state index contributed by atoms with van der Waals surface area (Å²) in [6, 6.07) is 4.17. The molecule has 0 radical (unpaired) electrons. The van der Waals surface area contributed by atoms with E-state index in [4.69, 9.17) is 4.74 Å². The van der Waals surface area contributed by atoms with E-state index in [0.717, 1.165) is 40.1 Å². The molecule has 134 valence electrons. The highest BCUT2D eigenvalue weighted by atomic mass is 79.9. The third-order valence-corrected chi connectivity index (χ3v) is 5.65. The molecule has 25 heavy (non-hydrogen) atoms. The first-order valence-electron chi connectivity index (χ1n) is 8.50. The minimum absolute atomic E-state index is 0.179. The van der Waals surface area contributed by atoms with Crippen molar-refractivity contribution in [1.29, 1.82) is 0 Å². The molecule has 0 N–H and O–H groups in total. The van der Waals surface area contributed by atoms with Gasteiger partial charge in [0.05, 0.1) is 23.4 Å². The van der Waals surface area contributed by atoms with Gasteiger partial charge in [0.2, 0.25) is 0 Å². The summed E-state index contributed by atoms with van der Waals surface area (Å²) in [5.41, 5.74) is 3.25. The minimum Gasteiger partial charge on any atom is -0.443 e. The second kappa shape index (κ2) is 7.56. The van der Waals surface area contributed by atoms with Gasteiger partial charge in [-0.15, -0.1) is 0 Å². The topological polar surface area (TPSA) is 60.2 Å².